The van der Waals surface area contributed by atoms with E-state index < -0.39 is 0 Å². The lowest BCUT2D eigenvalue weighted by molar-refractivity contribution is 0.240. The zero-order valence-electron chi connectivity index (χ0n) is 17.9. The summed E-state index contributed by atoms with van der Waals surface area (Å²) in [4.78, 5) is 38.4. The fourth-order valence-electron chi connectivity index (χ4n) is 4.79. The number of fused-ring (bicyclic) bond motifs is 1. The molecule has 0 atom stereocenters. The third kappa shape index (κ3) is 3.87. The van der Waals surface area contributed by atoms with E-state index in [1.165, 1.54) is 18.9 Å². The first kappa shape index (κ1) is 19.9. The highest BCUT2D eigenvalue weighted by Gasteiger charge is 2.21. The van der Waals surface area contributed by atoms with Crippen molar-refractivity contribution in [2.75, 3.05) is 31.1 Å². The van der Waals surface area contributed by atoms with Crippen molar-refractivity contribution in [1.82, 2.24) is 24.0 Å². The first-order chi connectivity index (χ1) is 15.1. The molecule has 162 valence electrons. The number of hydrogen-bond acceptors (Lipinski definition) is 6. The van der Waals surface area contributed by atoms with Gasteiger partial charge in [0.15, 0.2) is 0 Å². The molecule has 2 aromatic heterocycles. The van der Waals surface area contributed by atoms with Crippen LogP contribution in [0, 0.1) is 0 Å². The Kier molecular flexibility index (Phi) is 5.31. The number of aromatic nitrogens is 4. The standard InChI is InChI=1S/C23H28N6O2/c1-26-21(24-9-8-22(26)30)15-27-10-12-28(13-11-27)18-6-7-19-20(14-18)25-16-29(23(19)31)17-4-2-3-5-17/h6-9,14,16-17H,2-5,10-13,15H2,1H3. The maximum atomic E-state index is 12.9. The highest BCUT2D eigenvalue weighted by molar-refractivity contribution is 5.81. The Morgan fingerprint density at radius 3 is 2.55 bits per heavy atom. The molecule has 5 rings (SSSR count). The lowest BCUT2D eigenvalue weighted by Crippen LogP contribution is -2.46. The molecule has 3 heterocycles. The molecule has 2 aliphatic rings. The van der Waals surface area contributed by atoms with Gasteiger partial charge in [-0.3, -0.25) is 23.6 Å². The summed E-state index contributed by atoms with van der Waals surface area (Å²) >= 11 is 0. The highest BCUT2D eigenvalue weighted by atomic mass is 16.1. The van der Waals surface area contributed by atoms with Gasteiger partial charge in [0.05, 0.1) is 23.8 Å². The van der Waals surface area contributed by atoms with E-state index in [1.807, 2.05) is 22.8 Å². The van der Waals surface area contributed by atoms with Gasteiger partial charge in [0.1, 0.15) is 5.82 Å². The summed E-state index contributed by atoms with van der Waals surface area (Å²) < 4.78 is 3.44. The van der Waals surface area contributed by atoms with Gasteiger partial charge in [-0.1, -0.05) is 12.8 Å². The largest absolute Gasteiger partial charge is 0.369 e. The van der Waals surface area contributed by atoms with Gasteiger partial charge in [0.25, 0.3) is 11.1 Å². The lowest BCUT2D eigenvalue weighted by atomic mass is 10.1. The number of hydrogen-bond donors (Lipinski definition) is 0. The lowest BCUT2D eigenvalue weighted by Gasteiger charge is -2.36. The minimum atomic E-state index is -0.0284. The van der Waals surface area contributed by atoms with Crippen molar-refractivity contribution in [2.45, 2.75) is 38.3 Å². The number of nitrogens with zero attached hydrogens (tertiary/aromatic N) is 6. The van der Waals surface area contributed by atoms with E-state index in [9.17, 15) is 9.59 Å². The first-order valence-corrected chi connectivity index (χ1v) is 11.1. The topological polar surface area (TPSA) is 76.3 Å². The molecular formula is C23H28N6O2. The second-order valence-corrected chi connectivity index (χ2v) is 8.62. The number of anilines is 1. The summed E-state index contributed by atoms with van der Waals surface area (Å²) in [5.74, 6) is 0.786. The average molecular weight is 421 g/mol. The fraction of sp³-hybridized carbons (Fsp3) is 0.478. The molecule has 31 heavy (non-hydrogen) atoms. The molecule has 3 aromatic rings. The molecule has 1 aliphatic carbocycles. The predicted octanol–water partition coefficient (Wildman–Crippen LogP) is 1.93. The molecule has 1 saturated heterocycles. The minimum absolute atomic E-state index is 0.0284. The Labute approximate surface area is 180 Å². The van der Waals surface area contributed by atoms with Gasteiger partial charge in [-0.25, -0.2) is 9.97 Å². The van der Waals surface area contributed by atoms with E-state index in [0.29, 0.717) is 18.0 Å². The molecule has 8 heteroatoms. The van der Waals surface area contributed by atoms with Crippen LogP contribution in [0.4, 0.5) is 5.69 Å². The highest BCUT2D eigenvalue weighted by Crippen LogP contribution is 2.28. The average Bonchev–Trinajstić information content (AvgIpc) is 3.32. The minimum Gasteiger partial charge on any atom is -0.369 e. The molecule has 1 aliphatic heterocycles. The summed E-state index contributed by atoms with van der Waals surface area (Å²) in [6.07, 6.45) is 7.84. The summed E-state index contributed by atoms with van der Waals surface area (Å²) in [5, 5.41) is 0.702. The van der Waals surface area contributed by atoms with Crippen molar-refractivity contribution in [3.8, 4) is 0 Å². The van der Waals surface area contributed by atoms with Crippen molar-refractivity contribution < 1.29 is 0 Å². The van der Waals surface area contributed by atoms with Crippen LogP contribution in [0.5, 0.6) is 0 Å². The summed E-state index contributed by atoms with van der Waals surface area (Å²) in [5.41, 5.74) is 1.92. The molecule has 0 amide bonds. The maximum Gasteiger partial charge on any atom is 0.261 e. The number of piperazine rings is 1. The van der Waals surface area contributed by atoms with Crippen LogP contribution in [0.25, 0.3) is 10.9 Å². The van der Waals surface area contributed by atoms with Crippen LogP contribution in [0.15, 0.2) is 46.4 Å². The van der Waals surface area contributed by atoms with Crippen LogP contribution in [-0.4, -0.2) is 50.2 Å². The molecule has 0 radical (unpaired) electrons. The molecule has 0 N–H and O–H groups in total. The molecule has 0 bridgehead atoms. The number of rotatable bonds is 4. The van der Waals surface area contributed by atoms with Crippen molar-refractivity contribution in [2.24, 2.45) is 7.05 Å². The zero-order valence-corrected chi connectivity index (χ0v) is 17.9. The van der Waals surface area contributed by atoms with E-state index in [0.717, 1.165) is 56.0 Å². The Hall–Kier alpha value is -3.00. The molecule has 8 nitrogen and oxygen atoms in total. The first-order valence-electron chi connectivity index (χ1n) is 11.1. The van der Waals surface area contributed by atoms with Crippen molar-refractivity contribution >= 4 is 16.6 Å². The smallest absolute Gasteiger partial charge is 0.261 e. The van der Waals surface area contributed by atoms with Gasteiger partial charge in [0.2, 0.25) is 0 Å². The molecule has 1 aromatic carbocycles. The van der Waals surface area contributed by atoms with E-state index >= 15 is 0 Å². The van der Waals surface area contributed by atoms with Crippen LogP contribution < -0.4 is 16.0 Å². The van der Waals surface area contributed by atoms with E-state index in [4.69, 9.17) is 0 Å². The van der Waals surface area contributed by atoms with E-state index in [2.05, 4.69) is 19.8 Å². The van der Waals surface area contributed by atoms with Crippen molar-refractivity contribution in [3.05, 3.63) is 63.3 Å². The van der Waals surface area contributed by atoms with Crippen LogP contribution in [0.2, 0.25) is 0 Å². The maximum absolute atomic E-state index is 12.9. The molecule has 0 spiro atoms. The van der Waals surface area contributed by atoms with Crippen LogP contribution in [0.3, 0.4) is 0 Å². The monoisotopic (exact) mass is 420 g/mol. The van der Waals surface area contributed by atoms with Crippen LogP contribution in [0.1, 0.15) is 37.5 Å². The summed E-state index contributed by atoms with van der Waals surface area (Å²) in [6.45, 7) is 4.20. The van der Waals surface area contributed by atoms with Crippen LogP contribution in [-0.2, 0) is 13.6 Å². The molecule has 2 fully saturated rings. The van der Waals surface area contributed by atoms with Crippen LogP contribution >= 0.6 is 0 Å². The fourth-order valence-corrected chi connectivity index (χ4v) is 4.79. The Morgan fingerprint density at radius 2 is 1.77 bits per heavy atom. The SMILES string of the molecule is Cn1c(CN2CCN(c3ccc4c(=O)n(C5CCCC5)cnc4c3)CC2)nccc1=O. The van der Waals surface area contributed by atoms with Gasteiger partial charge in [-0.15, -0.1) is 0 Å². The van der Waals surface area contributed by atoms with Gasteiger partial charge in [-0.2, -0.15) is 0 Å². The van der Waals surface area contributed by atoms with Crippen molar-refractivity contribution in [3.63, 3.8) is 0 Å². The normalized spacial score (nSPS) is 18.2. The number of benzene rings is 1. The molecular weight excluding hydrogens is 392 g/mol. The van der Waals surface area contributed by atoms with Gasteiger partial charge in [-0.05, 0) is 31.0 Å². The van der Waals surface area contributed by atoms with Gasteiger partial charge in [0, 0.05) is 57.2 Å². The molecule has 1 saturated carbocycles. The summed E-state index contributed by atoms with van der Waals surface area (Å²) in [6, 6.07) is 7.80. The van der Waals surface area contributed by atoms with Crippen molar-refractivity contribution in [1.29, 1.82) is 0 Å². The second-order valence-electron chi connectivity index (χ2n) is 8.62. The van der Waals surface area contributed by atoms with Gasteiger partial charge < -0.3 is 4.90 Å². The second kappa shape index (κ2) is 8.26. The zero-order chi connectivity index (χ0) is 21.4. The quantitative estimate of drug-likeness (QED) is 0.642. The molecule has 0 unspecified atom stereocenters. The third-order valence-corrected chi connectivity index (χ3v) is 6.75. The van der Waals surface area contributed by atoms with Gasteiger partial charge >= 0.3 is 0 Å². The van der Waals surface area contributed by atoms with E-state index in [1.54, 1.807) is 24.1 Å². The van der Waals surface area contributed by atoms with E-state index in [-0.39, 0.29) is 11.1 Å². The third-order valence-electron chi connectivity index (χ3n) is 6.75. The predicted molar refractivity (Wildman–Crippen MR) is 120 cm³/mol. The Bertz CT molecular complexity index is 1200. The Morgan fingerprint density at radius 1 is 1.00 bits per heavy atom. The summed E-state index contributed by atoms with van der Waals surface area (Å²) in [7, 11) is 1.77. The Balaban J connectivity index is 1.29.